The summed E-state index contributed by atoms with van der Waals surface area (Å²) in [7, 11) is 0. The minimum atomic E-state index is -1.97. The van der Waals surface area contributed by atoms with Crippen LogP contribution in [0.4, 0.5) is 0 Å². The van der Waals surface area contributed by atoms with Crippen LogP contribution in [0, 0.1) is 0 Å². The third-order valence-electron chi connectivity index (χ3n) is 0.293. The van der Waals surface area contributed by atoms with Crippen molar-refractivity contribution in [2.24, 2.45) is 0 Å². The predicted octanol–water partition coefficient (Wildman–Crippen LogP) is 0.849. The van der Waals surface area contributed by atoms with E-state index in [1.807, 2.05) is 0 Å². The van der Waals surface area contributed by atoms with Crippen molar-refractivity contribution in [1.29, 1.82) is 0 Å². The molecule has 9 heteroatoms. The number of rotatable bonds is 0. The molecule has 0 unspecified atom stereocenters. The zero-order valence-corrected chi connectivity index (χ0v) is 10.1. The molecular formula is C6H11Cl3O6. The molecule has 0 aliphatic carbocycles. The second-order valence-electron chi connectivity index (χ2n) is 1.95. The van der Waals surface area contributed by atoms with Crippen LogP contribution in [0.1, 0.15) is 13.8 Å². The van der Waals surface area contributed by atoms with Crippen molar-refractivity contribution < 1.29 is 30.0 Å². The molecule has 0 saturated carbocycles. The third-order valence-corrected chi connectivity index (χ3v) is 0.878. The van der Waals surface area contributed by atoms with E-state index in [4.69, 9.17) is 64.8 Å². The van der Waals surface area contributed by atoms with Gasteiger partial charge in [0.25, 0.3) is 11.9 Å². The van der Waals surface area contributed by atoms with Gasteiger partial charge in [0.15, 0.2) is 6.29 Å². The van der Waals surface area contributed by atoms with E-state index < -0.39 is 22.0 Å². The maximum absolute atomic E-state index is 9.00. The number of carboxylic acids is 2. The highest BCUT2D eigenvalue weighted by Crippen LogP contribution is 2.28. The molecule has 0 aromatic rings. The van der Waals surface area contributed by atoms with E-state index in [9.17, 15) is 0 Å². The second kappa shape index (κ2) is 10.3. The maximum atomic E-state index is 9.00. The molecule has 6 nitrogen and oxygen atoms in total. The number of aliphatic carboxylic acids is 2. The average molecular weight is 286 g/mol. The largest absolute Gasteiger partial charge is 0.481 e. The van der Waals surface area contributed by atoms with Crippen LogP contribution in [0.15, 0.2) is 0 Å². The topological polar surface area (TPSA) is 115 Å². The highest BCUT2D eigenvalue weighted by atomic mass is 35.6. The quantitative estimate of drug-likeness (QED) is 0.387. The van der Waals surface area contributed by atoms with Gasteiger partial charge in [-0.3, -0.25) is 9.59 Å². The number of aliphatic hydroxyl groups excluding tert-OH is 1. The molecule has 0 heterocycles. The van der Waals surface area contributed by atoms with Crippen molar-refractivity contribution in [2.45, 2.75) is 23.9 Å². The molecule has 0 aliphatic heterocycles. The van der Waals surface area contributed by atoms with Crippen LogP contribution < -0.4 is 0 Å². The first-order chi connectivity index (χ1) is 6.41. The number of aliphatic hydroxyl groups is 2. The number of hydrogen-bond donors (Lipinski definition) is 4. The zero-order valence-electron chi connectivity index (χ0n) is 7.82. The second-order valence-corrected chi connectivity index (χ2v) is 4.32. The van der Waals surface area contributed by atoms with Crippen LogP contribution in [0.3, 0.4) is 0 Å². The molecule has 0 aliphatic rings. The van der Waals surface area contributed by atoms with Crippen LogP contribution >= 0.6 is 34.8 Å². The lowest BCUT2D eigenvalue weighted by Crippen LogP contribution is -2.23. The Morgan fingerprint density at radius 1 is 1.00 bits per heavy atom. The molecule has 0 amide bonds. The normalized spacial score (nSPS) is 9.33. The smallest absolute Gasteiger partial charge is 0.300 e. The van der Waals surface area contributed by atoms with Crippen molar-refractivity contribution in [1.82, 2.24) is 0 Å². The van der Waals surface area contributed by atoms with Gasteiger partial charge in [-0.15, -0.1) is 0 Å². The molecular weight excluding hydrogens is 274 g/mol. The predicted molar refractivity (Wildman–Crippen MR) is 55.1 cm³/mol. The van der Waals surface area contributed by atoms with Crippen LogP contribution in [0.2, 0.25) is 0 Å². The van der Waals surface area contributed by atoms with E-state index in [1.165, 1.54) is 0 Å². The lowest BCUT2D eigenvalue weighted by molar-refractivity contribution is -0.135. The average Bonchev–Trinajstić information content (AvgIpc) is 1.80. The first-order valence-electron chi connectivity index (χ1n) is 3.23. The van der Waals surface area contributed by atoms with Gasteiger partial charge in [0.2, 0.25) is 3.79 Å². The number of halogens is 3. The van der Waals surface area contributed by atoms with Gasteiger partial charge in [-0.25, -0.2) is 0 Å². The fourth-order valence-electron chi connectivity index (χ4n) is 0. The fourth-order valence-corrected chi connectivity index (χ4v) is 0. The zero-order chi connectivity index (χ0) is 13.2. The number of carboxylic acid groups (broad SMARTS) is 2. The van der Waals surface area contributed by atoms with Gasteiger partial charge < -0.3 is 20.4 Å². The lowest BCUT2D eigenvalue weighted by atomic mass is 10.8. The molecule has 0 spiro atoms. The highest BCUT2D eigenvalue weighted by molar-refractivity contribution is 6.67. The SMILES string of the molecule is CC(=O)O.CC(=O)O.OC(O)C(Cl)(Cl)Cl. The van der Waals surface area contributed by atoms with Crippen molar-refractivity contribution in [3.63, 3.8) is 0 Å². The summed E-state index contributed by atoms with van der Waals surface area (Å²) < 4.78 is -1.97. The summed E-state index contributed by atoms with van der Waals surface area (Å²) in [5, 5.41) is 30.9. The van der Waals surface area contributed by atoms with Crippen LogP contribution in [0.5, 0.6) is 0 Å². The fraction of sp³-hybridized carbons (Fsp3) is 0.667. The van der Waals surface area contributed by atoms with E-state index in [2.05, 4.69) is 0 Å². The molecule has 15 heavy (non-hydrogen) atoms. The molecule has 0 rings (SSSR count). The van der Waals surface area contributed by atoms with Gasteiger partial charge in [0, 0.05) is 13.8 Å². The Bertz CT molecular complexity index is 168. The van der Waals surface area contributed by atoms with Gasteiger partial charge >= 0.3 is 0 Å². The van der Waals surface area contributed by atoms with E-state index in [0.29, 0.717) is 0 Å². The van der Waals surface area contributed by atoms with Gasteiger partial charge in [0.05, 0.1) is 0 Å². The summed E-state index contributed by atoms with van der Waals surface area (Å²) in [6.45, 7) is 2.17. The Morgan fingerprint density at radius 2 is 1.07 bits per heavy atom. The Morgan fingerprint density at radius 3 is 1.07 bits per heavy atom. The molecule has 0 saturated heterocycles. The third kappa shape index (κ3) is 57.5. The van der Waals surface area contributed by atoms with Crippen molar-refractivity contribution in [3.05, 3.63) is 0 Å². The summed E-state index contributed by atoms with van der Waals surface area (Å²) in [5.41, 5.74) is 0. The molecule has 0 fully saturated rings. The molecule has 0 aromatic carbocycles. The standard InChI is InChI=1S/C2H3Cl3O2.2C2H4O2/c3-2(4,5)1(6)7;2*1-2(3)4/h1,6-7H;2*1H3,(H,3,4). The molecule has 0 radical (unpaired) electrons. The van der Waals surface area contributed by atoms with Gasteiger partial charge in [-0.1, -0.05) is 34.8 Å². The maximum Gasteiger partial charge on any atom is 0.300 e. The van der Waals surface area contributed by atoms with E-state index in [0.717, 1.165) is 13.8 Å². The van der Waals surface area contributed by atoms with E-state index in [-0.39, 0.29) is 0 Å². The molecule has 0 aromatic heterocycles. The Balaban J connectivity index is -0.000000155. The van der Waals surface area contributed by atoms with Crippen LogP contribution in [-0.2, 0) is 9.59 Å². The number of carbonyl (C=O) groups is 2. The monoisotopic (exact) mass is 284 g/mol. The minimum absolute atomic E-state index is 0.833. The summed E-state index contributed by atoms with van der Waals surface area (Å²) in [6.07, 6.45) is -1.91. The summed E-state index contributed by atoms with van der Waals surface area (Å²) in [4.78, 5) is 18.0. The number of alkyl halides is 3. The van der Waals surface area contributed by atoms with Crippen LogP contribution in [0.25, 0.3) is 0 Å². The number of hydrogen-bond acceptors (Lipinski definition) is 4. The Hall–Kier alpha value is -0.270. The Kier molecular flexibility index (Phi) is 13.8. The van der Waals surface area contributed by atoms with Crippen molar-refractivity contribution >= 4 is 46.7 Å². The molecule has 92 valence electrons. The van der Waals surface area contributed by atoms with Gasteiger partial charge in [-0.2, -0.15) is 0 Å². The summed E-state index contributed by atoms with van der Waals surface area (Å²) in [6, 6.07) is 0. The molecule has 0 bridgehead atoms. The molecule has 4 N–H and O–H groups in total. The first-order valence-corrected chi connectivity index (χ1v) is 4.36. The summed E-state index contributed by atoms with van der Waals surface area (Å²) >= 11 is 14.7. The van der Waals surface area contributed by atoms with E-state index >= 15 is 0 Å². The van der Waals surface area contributed by atoms with Crippen molar-refractivity contribution in [2.75, 3.05) is 0 Å². The molecule has 0 atom stereocenters. The Labute approximate surface area is 101 Å². The van der Waals surface area contributed by atoms with Crippen molar-refractivity contribution in [3.8, 4) is 0 Å². The highest BCUT2D eigenvalue weighted by Gasteiger charge is 2.28. The van der Waals surface area contributed by atoms with Crippen LogP contribution in [-0.4, -0.2) is 42.4 Å². The first kappa shape index (κ1) is 20.2. The van der Waals surface area contributed by atoms with Gasteiger partial charge in [0.1, 0.15) is 0 Å². The summed E-state index contributed by atoms with van der Waals surface area (Å²) in [5.74, 6) is -1.67. The van der Waals surface area contributed by atoms with Gasteiger partial charge in [-0.05, 0) is 0 Å². The lowest BCUT2D eigenvalue weighted by Gasteiger charge is -2.10. The minimum Gasteiger partial charge on any atom is -0.481 e. The van der Waals surface area contributed by atoms with E-state index in [1.54, 1.807) is 0 Å².